The summed E-state index contributed by atoms with van der Waals surface area (Å²) in [6, 6.07) is 14.6. The molecular formula is C30H34FNO2. The van der Waals surface area contributed by atoms with Gasteiger partial charge in [0.2, 0.25) is 0 Å². The van der Waals surface area contributed by atoms with Crippen LogP contribution in [0.4, 0.5) is 4.39 Å². The summed E-state index contributed by atoms with van der Waals surface area (Å²) in [7, 11) is 0. The summed E-state index contributed by atoms with van der Waals surface area (Å²) in [6.45, 7) is 2.49. The number of benzene rings is 2. The molecule has 0 amide bonds. The van der Waals surface area contributed by atoms with Gasteiger partial charge in [0, 0.05) is 19.6 Å². The molecule has 3 nitrogen and oxygen atoms in total. The lowest BCUT2D eigenvalue weighted by Crippen LogP contribution is -2.40. The predicted molar refractivity (Wildman–Crippen MR) is 136 cm³/mol. The fourth-order valence-corrected chi connectivity index (χ4v) is 6.01. The molecule has 2 aliphatic carbocycles. The maximum Gasteiger partial charge on any atom is 0.335 e. The zero-order chi connectivity index (χ0) is 23.5. The number of halogens is 1. The van der Waals surface area contributed by atoms with Crippen molar-refractivity contribution < 1.29 is 14.3 Å². The number of carbonyl (C=O) groups is 1. The van der Waals surface area contributed by atoms with E-state index >= 15 is 0 Å². The van der Waals surface area contributed by atoms with Gasteiger partial charge in [0.15, 0.2) is 0 Å². The Kier molecular flexibility index (Phi) is 6.96. The Bertz CT molecular complexity index is 1100. The number of allylic oxidation sites excluding steroid dienone is 1. The third kappa shape index (κ3) is 4.88. The van der Waals surface area contributed by atoms with Gasteiger partial charge in [-0.25, -0.2) is 4.79 Å². The zero-order valence-corrected chi connectivity index (χ0v) is 19.9. The van der Waals surface area contributed by atoms with Gasteiger partial charge < -0.3 is 5.11 Å². The first kappa shape index (κ1) is 23.0. The lowest BCUT2D eigenvalue weighted by atomic mass is 9.84. The average molecular weight is 460 g/mol. The van der Waals surface area contributed by atoms with E-state index in [1.807, 2.05) is 12.1 Å². The Balaban J connectivity index is 1.46. The Hall–Kier alpha value is -2.72. The number of nitrogens with zero attached hydrogens (tertiary/aromatic N) is 1. The molecule has 1 N–H and O–H groups in total. The van der Waals surface area contributed by atoms with Gasteiger partial charge in [-0.2, -0.15) is 0 Å². The quantitative estimate of drug-likeness (QED) is 0.497. The fraction of sp³-hybridized carbons (Fsp3) is 0.433. The van der Waals surface area contributed by atoms with E-state index in [2.05, 4.69) is 35.2 Å². The highest BCUT2D eigenvalue weighted by Crippen LogP contribution is 2.43. The van der Waals surface area contributed by atoms with Crippen LogP contribution < -0.4 is 0 Å². The predicted octanol–water partition coefficient (Wildman–Crippen LogP) is 6.77. The van der Waals surface area contributed by atoms with Crippen LogP contribution in [0.5, 0.6) is 0 Å². The second kappa shape index (κ2) is 10.3. The molecule has 0 aromatic heterocycles. The van der Waals surface area contributed by atoms with Gasteiger partial charge in [-0.1, -0.05) is 54.8 Å². The molecule has 2 aromatic carbocycles. The van der Waals surface area contributed by atoms with Gasteiger partial charge in [-0.05, 0) is 90.0 Å². The number of aryl methyl sites for hydroxylation is 1. The zero-order valence-electron chi connectivity index (χ0n) is 19.9. The van der Waals surface area contributed by atoms with E-state index < -0.39 is 5.97 Å². The number of alkyl halides is 1. The summed E-state index contributed by atoms with van der Waals surface area (Å²) in [6.07, 6.45) is 11.1. The number of hydrogen-bond donors (Lipinski definition) is 1. The van der Waals surface area contributed by atoms with Crippen LogP contribution in [0.25, 0.3) is 11.6 Å². The molecule has 5 rings (SSSR count). The largest absolute Gasteiger partial charge is 0.478 e. The summed E-state index contributed by atoms with van der Waals surface area (Å²) in [5.74, 6) is -0.211. The third-order valence-electron chi connectivity index (χ3n) is 7.71. The second-order valence-electron chi connectivity index (χ2n) is 10.1. The first-order valence-electron chi connectivity index (χ1n) is 12.8. The number of fused-ring (bicyclic) bond motifs is 1. The van der Waals surface area contributed by atoms with Crippen molar-refractivity contribution in [2.45, 2.75) is 51.4 Å². The molecule has 0 radical (unpaired) electrons. The molecule has 1 saturated carbocycles. The first-order chi connectivity index (χ1) is 16.6. The van der Waals surface area contributed by atoms with Crippen LogP contribution in [-0.4, -0.2) is 42.3 Å². The summed E-state index contributed by atoms with van der Waals surface area (Å²) >= 11 is 0. The topological polar surface area (TPSA) is 40.5 Å². The molecule has 3 aliphatic rings. The molecule has 0 unspecified atom stereocenters. The normalized spacial score (nSPS) is 19.0. The second-order valence-corrected chi connectivity index (χ2v) is 10.1. The van der Waals surface area contributed by atoms with Gasteiger partial charge in [0.05, 0.1) is 12.2 Å². The van der Waals surface area contributed by atoms with Gasteiger partial charge in [-0.15, -0.1) is 0 Å². The first-order valence-corrected chi connectivity index (χ1v) is 12.8. The van der Waals surface area contributed by atoms with E-state index in [4.69, 9.17) is 0 Å². The summed E-state index contributed by atoms with van der Waals surface area (Å²) in [5.41, 5.74) is 9.54. The minimum Gasteiger partial charge on any atom is -0.478 e. The van der Waals surface area contributed by atoms with E-state index in [9.17, 15) is 14.3 Å². The minimum absolute atomic E-state index is 0.240. The molecular weight excluding hydrogens is 425 g/mol. The van der Waals surface area contributed by atoms with Crippen LogP contribution in [0.1, 0.15) is 77.6 Å². The molecule has 34 heavy (non-hydrogen) atoms. The van der Waals surface area contributed by atoms with Gasteiger partial charge in [-0.3, -0.25) is 9.29 Å². The van der Waals surface area contributed by atoms with Crippen LogP contribution in [-0.2, 0) is 6.42 Å². The molecule has 2 aromatic rings. The smallest absolute Gasteiger partial charge is 0.335 e. The van der Waals surface area contributed by atoms with Crippen LogP contribution in [0.3, 0.4) is 0 Å². The van der Waals surface area contributed by atoms with Crippen LogP contribution in [0.15, 0.2) is 53.6 Å². The monoisotopic (exact) mass is 459 g/mol. The number of rotatable bonds is 7. The molecule has 0 spiro atoms. The summed E-state index contributed by atoms with van der Waals surface area (Å²) in [5, 5.41) is 9.51. The molecule has 2 fully saturated rings. The average Bonchev–Trinajstić information content (AvgIpc) is 3.29. The minimum atomic E-state index is -0.856. The van der Waals surface area contributed by atoms with Crippen molar-refractivity contribution >= 4 is 17.6 Å². The van der Waals surface area contributed by atoms with Crippen LogP contribution >= 0.6 is 0 Å². The van der Waals surface area contributed by atoms with Crippen molar-refractivity contribution in [3.05, 3.63) is 81.4 Å². The van der Waals surface area contributed by atoms with Crippen molar-refractivity contribution in [3.8, 4) is 0 Å². The van der Waals surface area contributed by atoms with Crippen molar-refractivity contribution in [2.75, 3.05) is 26.3 Å². The summed E-state index contributed by atoms with van der Waals surface area (Å²) in [4.78, 5) is 13.9. The maximum atomic E-state index is 12.4. The Morgan fingerprint density at radius 2 is 1.79 bits per heavy atom. The number of likely N-dealkylation sites (tertiary alicyclic amines) is 1. The van der Waals surface area contributed by atoms with E-state index in [0.29, 0.717) is 17.9 Å². The molecule has 4 heteroatoms. The molecule has 1 heterocycles. The van der Waals surface area contributed by atoms with E-state index in [1.54, 1.807) is 11.6 Å². The summed E-state index contributed by atoms with van der Waals surface area (Å²) < 4.78 is 12.4. The van der Waals surface area contributed by atoms with Crippen molar-refractivity contribution in [3.63, 3.8) is 0 Å². The Labute approximate surface area is 202 Å². The fourth-order valence-electron chi connectivity index (χ4n) is 6.01. The standard InChI is InChI=1S/C30H34FNO2/c31-15-4-16-32-19-22(20-32)17-21-9-11-24(12-10-21)29-27(23-5-1-2-6-23)8-3-7-25-18-26(30(33)34)13-14-28(25)29/h9-14,17-18,23H,1-8,15-16,19-20H2,(H,33,34). The number of aromatic carboxylic acids is 1. The molecule has 1 aliphatic heterocycles. The molecule has 178 valence electrons. The third-order valence-corrected chi connectivity index (χ3v) is 7.71. The van der Waals surface area contributed by atoms with Crippen molar-refractivity contribution in [1.29, 1.82) is 0 Å². The van der Waals surface area contributed by atoms with E-state index in [0.717, 1.165) is 44.5 Å². The van der Waals surface area contributed by atoms with Gasteiger partial charge in [0.25, 0.3) is 0 Å². The number of carboxylic acids is 1. The Morgan fingerprint density at radius 1 is 1.03 bits per heavy atom. The maximum absolute atomic E-state index is 12.4. The van der Waals surface area contributed by atoms with Crippen molar-refractivity contribution in [2.24, 2.45) is 5.92 Å². The molecule has 1 saturated heterocycles. The number of carboxylic acid groups (broad SMARTS) is 1. The number of hydrogen-bond acceptors (Lipinski definition) is 2. The Morgan fingerprint density at radius 3 is 2.50 bits per heavy atom. The van der Waals surface area contributed by atoms with Gasteiger partial charge in [0.1, 0.15) is 0 Å². The highest BCUT2D eigenvalue weighted by molar-refractivity contribution is 5.90. The molecule has 0 bridgehead atoms. The lowest BCUT2D eigenvalue weighted by molar-refractivity contribution is 0.0696. The van der Waals surface area contributed by atoms with Crippen molar-refractivity contribution in [1.82, 2.24) is 4.90 Å². The van der Waals surface area contributed by atoms with E-state index in [-0.39, 0.29) is 6.67 Å². The SMILES string of the molecule is O=C(O)c1ccc2c(c1)CCCC(C1CCCC1)=C2c1ccc(C=C2CN(CCCF)C2)cc1. The van der Waals surface area contributed by atoms with Gasteiger partial charge >= 0.3 is 5.97 Å². The highest BCUT2D eigenvalue weighted by atomic mass is 19.1. The van der Waals surface area contributed by atoms with E-state index in [1.165, 1.54) is 53.5 Å². The lowest BCUT2D eigenvalue weighted by Gasteiger charge is -2.33. The molecule has 0 atom stereocenters. The van der Waals surface area contributed by atoms with Crippen LogP contribution in [0, 0.1) is 5.92 Å². The van der Waals surface area contributed by atoms with Crippen LogP contribution in [0.2, 0.25) is 0 Å². The highest BCUT2D eigenvalue weighted by Gasteiger charge is 2.27.